The molecule has 3 heteroatoms. The summed E-state index contributed by atoms with van der Waals surface area (Å²) in [5.41, 5.74) is 1.13. The van der Waals surface area contributed by atoms with Crippen LogP contribution in [0.2, 0.25) is 0 Å². The number of hydrogen-bond acceptors (Lipinski definition) is 1. The van der Waals surface area contributed by atoms with Crippen molar-refractivity contribution in [3.8, 4) is 5.75 Å². The van der Waals surface area contributed by atoms with Crippen LogP contribution in [0.4, 0.5) is 0 Å². The van der Waals surface area contributed by atoms with E-state index in [0.717, 1.165) is 15.8 Å². The van der Waals surface area contributed by atoms with E-state index in [9.17, 15) is 0 Å². The number of hydrogen-bond donors (Lipinski definition) is 0. The van der Waals surface area contributed by atoms with Gasteiger partial charge >= 0.3 is 0 Å². The lowest BCUT2D eigenvalue weighted by Crippen LogP contribution is -1.83. The van der Waals surface area contributed by atoms with Crippen molar-refractivity contribution in [3.63, 3.8) is 0 Å². The summed E-state index contributed by atoms with van der Waals surface area (Å²) in [5, 5.41) is 0. The first-order valence-electron chi connectivity index (χ1n) is 3.38. The van der Waals surface area contributed by atoms with E-state index in [0.29, 0.717) is 0 Å². The third-order valence-electron chi connectivity index (χ3n) is 1.45. The summed E-state index contributed by atoms with van der Waals surface area (Å²) in [6.07, 6.45) is 2.02. The molecule has 0 saturated heterocycles. The minimum atomic E-state index is 0.878. The second-order valence-corrected chi connectivity index (χ2v) is 3.75. The summed E-state index contributed by atoms with van der Waals surface area (Å²) in [6.45, 7) is 0. The molecule has 0 atom stereocenters. The van der Waals surface area contributed by atoms with Crippen LogP contribution in [0, 0.1) is 0 Å². The Labute approximate surface area is 94.1 Å². The molecule has 0 aliphatic carbocycles. The molecule has 0 aromatic heterocycles. The number of benzene rings is 1. The normalized spacial score (nSPS) is 10.6. The smallest absolute Gasteiger partial charge is 0.119 e. The molecular formula is C9H8BrIO. The van der Waals surface area contributed by atoms with Gasteiger partial charge in [0.05, 0.1) is 7.11 Å². The van der Waals surface area contributed by atoms with E-state index in [4.69, 9.17) is 4.74 Å². The molecule has 0 N–H and O–H groups in total. The van der Waals surface area contributed by atoms with E-state index >= 15 is 0 Å². The minimum Gasteiger partial charge on any atom is -0.497 e. The molecule has 64 valence electrons. The van der Waals surface area contributed by atoms with Crippen LogP contribution >= 0.6 is 38.5 Å². The fourth-order valence-corrected chi connectivity index (χ4v) is 1.61. The van der Waals surface area contributed by atoms with Crippen molar-refractivity contribution < 1.29 is 4.74 Å². The highest BCUT2D eigenvalue weighted by Gasteiger charge is 1.97. The quantitative estimate of drug-likeness (QED) is 0.744. The lowest BCUT2D eigenvalue weighted by Gasteiger charge is -2.02. The first-order chi connectivity index (χ1) is 5.77. The highest BCUT2D eigenvalue weighted by molar-refractivity contribution is 14.1. The zero-order valence-electron chi connectivity index (χ0n) is 6.55. The molecule has 0 aliphatic rings. The zero-order chi connectivity index (χ0) is 8.97. The van der Waals surface area contributed by atoms with Gasteiger partial charge in [0, 0.05) is 4.47 Å². The Balaban J connectivity index is 3.08. The predicted octanol–water partition coefficient (Wildman–Crippen LogP) is 3.86. The highest BCUT2D eigenvalue weighted by atomic mass is 127. The molecule has 0 radical (unpaired) electrons. The van der Waals surface area contributed by atoms with Crippen molar-refractivity contribution in [1.82, 2.24) is 0 Å². The van der Waals surface area contributed by atoms with Crippen LogP contribution < -0.4 is 4.74 Å². The van der Waals surface area contributed by atoms with Crippen LogP contribution in [0.3, 0.4) is 0 Å². The predicted molar refractivity (Wildman–Crippen MR) is 63.7 cm³/mol. The summed E-state index contributed by atoms with van der Waals surface area (Å²) in [7, 11) is 1.67. The van der Waals surface area contributed by atoms with E-state index in [1.807, 2.05) is 28.4 Å². The summed E-state index contributed by atoms with van der Waals surface area (Å²) >= 11 is 5.64. The Bertz CT molecular complexity index is 297. The van der Waals surface area contributed by atoms with Gasteiger partial charge in [-0.15, -0.1) is 0 Å². The van der Waals surface area contributed by atoms with E-state index in [2.05, 4.69) is 38.5 Å². The van der Waals surface area contributed by atoms with E-state index in [1.165, 1.54) is 0 Å². The minimum absolute atomic E-state index is 0.878. The SMILES string of the molecule is COc1ccc(Br)c(/C=C\I)c1. The van der Waals surface area contributed by atoms with Crippen molar-refractivity contribution in [3.05, 3.63) is 32.3 Å². The topological polar surface area (TPSA) is 9.23 Å². The Morgan fingerprint density at radius 3 is 2.83 bits per heavy atom. The number of methoxy groups -OCH3 is 1. The van der Waals surface area contributed by atoms with E-state index < -0.39 is 0 Å². The van der Waals surface area contributed by atoms with Gasteiger partial charge in [0.1, 0.15) is 5.75 Å². The molecule has 1 aromatic rings. The second kappa shape index (κ2) is 4.87. The van der Waals surface area contributed by atoms with Gasteiger partial charge in [0.15, 0.2) is 0 Å². The van der Waals surface area contributed by atoms with Crippen molar-refractivity contribution >= 4 is 44.6 Å². The van der Waals surface area contributed by atoms with Gasteiger partial charge in [-0.25, -0.2) is 0 Å². The van der Waals surface area contributed by atoms with Crippen molar-refractivity contribution in [1.29, 1.82) is 0 Å². The molecule has 0 fully saturated rings. The van der Waals surface area contributed by atoms with Crippen LogP contribution in [0.15, 0.2) is 26.8 Å². The molecule has 0 unspecified atom stereocenters. The van der Waals surface area contributed by atoms with Gasteiger partial charge in [-0.1, -0.05) is 38.5 Å². The molecule has 1 aromatic carbocycles. The second-order valence-electron chi connectivity index (χ2n) is 2.18. The highest BCUT2D eigenvalue weighted by Crippen LogP contribution is 2.23. The zero-order valence-corrected chi connectivity index (χ0v) is 10.3. The molecule has 12 heavy (non-hydrogen) atoms. The fourth-order valence-electron chi connectivity index (χ4n) is 0.844. The monoisotopic (exact) mass is 338 g/mol. The lowest BCUT2D eigenvalue weighted by molar-refractivity contribution is 0.414. The molecule has 0 amide bonds. The van der Waals surface area contributed by atoms with Gasteiger partial charge in [-0.05, 0) is 33.9 Å². The van der Waals surface area contributed by atoms with Gasteiger partial charge in [-0.2, -0.15) is 0 Å². The Morgan fingerprint density at radius 2 is 2.25 bits per heavy atom. The molecule has 1 rings (SSSR count). The van der Waals surface area contributed by atoms with Crippen LogP contribution in [0.25, 0.3) is 6.08 Å². The van der Waals surface area contributed by atoms with E-state index in [-0.39, 0.29) is 0 Å². The van der Waals surface area contributed by atoms with Gasteiger partial charge in [0.25, 0.3) is 0 Å². The average Bonchev–Trinajstić information content (AvgIpc) is 2.09. The first-order valence-corrected chi connectivity index (χ1v) is 5.42. The van der Waals surface area contributed by atoms with Gasteiger partial charge in [0.2, 0.25) is 0 Å². The molecule has 0 heterocycles. The van der Waals surface area contributed by atoms with Gasteiger partial charge < -0.3 is 4.74 Å². The summed E-state index contributed by atoms with van der Waals surface area (Å²) in [6, 6.07) is 5.89. The summed E-state index contributed by atoms with van der Waals surface area (Å²) < 4.78 is 8.15. The average molecular weight is 339 g/mol. The molecule has 1 nitrogen and oxygen atoms in total. The lowest BCUT2D eigenvalue weighted by atomic mass is 10.2. The van der Waals surface area contributed by atoms with Crippen molar-refractivity contribution in [2.45, 2.75) is 0 Å². The van der Waals surface area contributed by atoms with Crippen molar-refractivity contribution in [2.24, 2.45) is 0 Å². The molecule has 0 aliphatic heterocycles. The van der Waals surface area contributed by atoms with E-state index in [1.54, 1.807) is 7.11 Å². The maximum absolute atomic E-state index is 5.10. The molecule has 0 spiro atoms. The number of halogens is 2. The molecule has 0 bridgehead atoms. The third-order valence-corrected chi connectivity index (χ3v) is 2.53. The molecule has 0 saturated carbocycles. The number of ether oxygens (including phenoxy) is 1. The Morgan fingerprint density at radius 1 is 1.50 bits per heavy atom. The summed E-state index contributed by atoms with van der Waals surface area (Å²) in [4.78, 5) is 0. The Hall–Kier alpha value is -0.0300. The van der Waals surface area contributed by atoms with Crippen LogP contribution in [0.5, 0.6) is 5.75 Å². The third kappa shape index (κ3) is 2.48. The maximum Gasteiger partial charge on any atom is 0.119 e. The van der Waals surface area contributed by atoms with Crippen LogP contribution in [0.1, 0.15) is 5.56 Å². The van der Waals surface area contributed by atoms with Crippen molar-refractivity contribution in [2.75, 3.05) is 7.11 Å². The first kappa shape index (κ1) is 10.1. The van der Waals surface area contributed by atoms with Crippen LogP contribution in [-0.4, -0.2) is 7.11 Å². The molecular weight excluding hydrogens is 331 g/mol. The standard InChI is InChI=1S/C9H8BrIO/c1-12-8-2-3-9(10)7(6-8)4-5-11/h2-6H,1H3/b5-4-. The maximum atomic E-state index is 5.10. The Kier molecular flexibility index (Phi) is 4.08. The van der Waals surface area contributed by atoms with Gasteiger partial charge in [-0.3, -0.25) is 0 Å². The largest absolute Gasteiger partial charge is 0.497 e. The number of rotatable bonds is 2. The fraction of sp³-hybridized carbons (Fsp3) is 0.111. The summed E-state index contributed by atoms with van der Waals surface area (Å²) in [5.74, 6) is 0.878. The van der Waals surface area contributed by atoms with Crippen LogP contribution in [-0.2, 0) is 0 Å².